The zero-order valence-corrected chi connectivity index (χ0v) is 15.0. The van der Waals surface area contributed by atoms with Gasteiger partial charge in [0.25, 0.3) is 0 Å². The lowest BCUT2D eigenvalue weighted by molar-refractivity contribution is 0.291. The van der Waals surface area contributed by atoms with Crippen molar-refractivity contribution in [2.24, 2.45) is 0 Å². The smallest absolute Gasteiger partial charge is 0.157 e. The standard InChI is InChI=1S/C14H16Br2FN3O/c1-3-11-13(16)12(20(4-2)19-11)7-21-14-9(15)5-8(17)6-10(14)18/h5-6H,3-4,7,18H2,1-2H3. The van der Waals surface area contributed by atoms with E-state index in [4.69, 9.17) is 10.5 Å². The molecule has 0 aliphatic carbocycles. The fraction of sp³-hybridized carbons (Fsp3) is 0.357. The van der Waals surface area contributed by atoms with Gasteiger partial charge in [0, 0.05) is 12.6 Å². The molecule has 2 N–H and O–H groups in total. The number of aryl methyl sites for hydroxylation is 2. The van der Waals surface area contributed by atoms with Crippen molar-refractivity contribution >= 4 is 37.5 Å². The maximum absolute atomic E-state index is 13.2. The number of halogens is 3. The number of benzene rings is 1. The van der Waals surface area contributed by atoms with Gasteiger partial charge in [-0.2, -0.15) is 5.10 Å². The van der Waals surface area contributed by atoms with Crippen molar-refractivity contribution in [3.8, 4) is 5.75 Å². The molecular weight excluding hydrogens is 405 g/mol. The first-order chi connectivity index (χ1) is 9.97. The Hall–Kier alpha value is -1.08. The summed E-state index contributed by atoms with van der Waals surface area (Å²) in [6.45, 7) is 5.12. The SMILES string of the molecule is CCc1nn(CC)c(COc2c(N)cc(F)cc2Br)c1Br. The van der Waals surface area contributed by atoms with E-state index in [2.05, 4.69) is 37.0 Å². The fourth-order valence-corrected chi connectivity index (χ4v) is 3.27. The zero-order chi connectivity index (χ0) is 15.6. The van der Waals surface area contributed by atoms with Crippen molar-refractivity contribution in [3.63, 3.8) is 0 Å². The Labute approximate surface area is 139 Å². The molecule has 0 unspecified atom stereocenters. The quantitative estimate of drug-likeness (QED) is 0.734. The second-order valence-corrected chi connectivity index (χ2v) is 6.12. The van der Waals surface area contributed by atoms with Crippen LogP contribution in [-0.4, -0.2) is 9.78 Å². The predicted molar refractivity (Wildman–Crippen MR) is 87.8 cm³/mol. The highest BCUT2D eigenvalue weighted by Crippen LogP contribution is 2.33. The normalized spacial score (nSPS) is 10.9. The van der Waals surface area contributed by atoms with E-state index >= 15 is 0 Å². The highest BCUT2D eigenvalue weighted by Gasteiger charge is 2.16. The molecule has 2 aromatic rings. The van der Waals surface area contributed by atoms with E-state index in [1.807, 2.05) is 18.5 Å². The van der Waals surface area contributed by atoms with E-state index < -0.39 is 5.82 Å². The van der Waals surface area contributed by atoms with Gasteiger partial charge in [-0.15, -0.1) is 0 Å². The van der Waals surface area contributed by atoms with Crippen LogP contribution in [-0.2, 0) is 19.6 Å². The van der Waals surface area contributed by atoms with E-state index in [-0.39, 0.29) is 5.69 Å². The Morgan fingerprint density at radius 3 is 2.62 bits per heavy atom. The van der Waals surface area contributed by atoms with Crippen molar-refractivity contribution in [3.05, 3.63) is 38.3 Å². The highest BCUT2D eigenvalue weighted by molar-refractivity contribution is 9.10. The molecule has 0 amide bonds. The molecule has 1 aromatic carbocycles. The Bertz CT molecular complexity index is 635. The van der Waals surface area contributed by atoms with Gasteiger partial charge in [-0.05, 0) is 51.3 Å². The zero-order valence-electron chi connectivity index (χ0n) is 11.8. The molecule has 0 atom stereocenters. The van der Waals surface area contributed by atoms with Crippen LogP contribution in [0.1, 0.15) is 25.2 Å². The predicted octanol–water partition coefficient (Wildman–Crippen LogP) is 4.29. The first-order valence-electron chi connectivity index (χ1n) is 6.59. The van der Waals surface area contributed by atoms with Gasteiger partial charge in [0.15, 0.2) is 5.75 Å². The number of rotatable bonds is 5. The van der Waals surface area contributed by atoms with Gasteiger partial charge in [-0.3, -0.25) is 4.68 Å². The van der Waals surface area contributed by atoms with Crippen molar-refractivity contribution in [2.45, 2.75) is 33.4 Å². The maximum atomic E-state index is 13.2. The molecule has 114 valence electrons. The lowest BCUT2D eigenvalue weighted by Gasteiger charge is -2.12. The Balaban J connectivity index is 2.26. The van der Waals surface area contributed by atoms with Gasteiger partial charge in [0.2, 0.25) is 0 Å². The molecule has 0 fully saturated rings. The summed E-state index contributed by atoms with van der Waals surface area (Å²) in [6.07, 6.45) is 0.836. The first-order valence-corrected chi connectivity index (χ1v) is 8.17. The summed E-state index contributed by atoms with van der Waals surface area (Å²) in [7, 11) is 0. The van der Waals surface area contributed by atoms with Crippen LogP contribution < -0.4 is 10.5 Å². The van der Waals surface area contributed by atoms with Crippen LogP contribution in [0.2, 0.25) is 0 Å². The summed E-state index contributed by atoms with van der Waals surface area (Å²) in [5.41, 5.74) is 7.98. The molecule has 0 aliphatic heterocycles. The summed E-state index contributed by atoms with van der Waals surface area (Å²) in [4.78, 5) is 0. The summed E-state index contributed by atoms with van der Waals surface area (Å²) in [5.74, 6) is 0.0324. The highest BCUT2D eigenvalue weighted by atomic mass is 79.9. The number of ether oxygens (including phenoxy) is 1. The van der Waals surface area contributed by atoms with Crippen LogP contribution in [0.25, 0.3) is 0 Å². The fourth-order valence-electron chi connectivity index (χ4n) is 2.03. The largest absolute Gasteiger partial charge is 0.484 e. The second-order valence-electron chi connectivity index (χ2n) is 4.47. The molecule has 0 saturated carbocycles. The van der Waals surface area contributed by atoms with Gasteiger partial charge < -0.3 is 10.5 Å². The van der Waals surface area contributed by atoms with Gasteiger partial charge in [0.1, 0.15) is 12.4 Å². The van der Waals surface area contributed by atoms with E-state index in [0.29, 0.717) is 16.8 Å². The summed E-state index contributed by atoms with van der Waals surface area (Å²) < 4.78 is 22.3. The topological polar surface area (TPSA) is 53.1 Å². The lowest BCUT2D eigenvalue weighted by atomic mass is 10.3. The minimum absolute atomic E-state index is 0.260. The van der Waals surface area contributed by atoms with Crippen LogP contribution in [0.4, 0.5) is 10.1 Å². The molecule has 21 heavy (non-hydrogen) atoms. The van der Waals surface area contributed by atoms with E-state index in [1.54, 1.807) is 0 Å². The molecule has 1 aromatic heterocycles. The van der Waals surface area contributed by atoms with Crippen LogP contribution >= 0.6 is 31.9 Å². The average Bonchev–Trinajstić information content (AvgIpc) is 2.73. The third-order valence-electron chi connectivity index (χ3n) is 3.08. The maximum Gasteiger partial charge on any atom is 0.157 e. The van der Waals surface area contributed by atoms with Gasteiger partial charge in [-0.1, -0.05) is 6.92 Å². The van der Waals surface area contributed by atoms with Crippen LogP contribution in [0.3, 0.4) is 0 Å². The third kappa shape index (κ3) is 3.40. The third-order valence-corrected chi connectivity index (χ3v) is 4.59. The number of nitrogen functional groups attached to an aromatic ring is 1. The van der Waals surface area contributed by atoms with Crippen LogP contribution in [0, 0.1) is 5.82 Å². The van der Waals surface area contributed by atoms with E-state index in [9.17, 15) is 4.39 Å². The Kier molecular flexibility index (Phi) is 5.27. The van der Waals surface area contributed by atoms with Crippen molar-refractivity contribution in [1.82, 2.24) is 9.78 Å². The Morgan fingerprint density at radius 2 is 2.05 bits per heavy atom. The molecule has 7 heteroatoms. The van der Waals surface area contributed by atoms with Crippen molar-refractivity contribution in [1.29, 1.82) is 0 Å². The number of hydrogen-bond acceptors (Lipinski definition) is 3. The average molecular weight is 421 g/mol. The van der Waals surface area contributed by atoms with Crippen molar-refractivity contribution < 1.29 is 9.13 Å². The second kappa shape index (κ2) is 6.79. The first kappa shape index (κ1) is 16.3. The molecular formula is C14H16Br2FN3O. The molecule has 4 nitrogen and oxygen atoms in total. The minimum atomic E-state index is -0.403. The molecule has 1 heterocycles. The molecule has 0 radical (unpaired) electrons. The number of aromatic nitrogens is 2. The van der Waals surface area contributed by atoms with E-state index in [0.717, 1.165) is 28.8 Å². The van der Waals surface area contributed by atoms with Crippen LogP contribution in [0.15, 0.2) is 21.1 Å². The minimum Gasteiger partial charge on any atom is -0.484 e. The Morgan fingerprint density at radius 1 is 1.33 bits per heavy atom. The monoisotopic (exact) mass is 419 g/mol. The number of anilines is 1. The van der Waals surface area contributed by atoms with Gasteiger partial charge in [-0.25, -0.2) is 4.39 Å². The van der Waals surface area contributed by atoms with Gasteiger partial charge in [0.05, 0.1) is 26.0 Å². The molecule has 0 saturated heterocycles. The van der Waals surface area contributed by atoms with Gasteiger partial charge >= 0.3 is 0 Å². The molecule has 0 bridgehead atoms. The number of nitrogens with zero attached hydrogens (tertiary/aromatic N) is 2. The number of hydrogen-bond donors (Lipinski definition) is 1. The van der Waals surface area contributed by atoms with Crippen molar-refractivity contribution in [2.75, 3.05) is 5.73 Å². The molecule has 2 rings (SSSR count). The molecule has 0 aliphatic rings. The summed E-state index contributed by atoms with van der Waals surface area (Å²) >= 11 is 6.82. The van der Waals surface area contributed by atoms with E-state index in [1.165, 1.54) is 12.1 Å². The van der Waals surface area contributed by atoms with Crippen LogP contribution in [0.5, 0.6) is 5.75 Å². The lowest BCUT2D eigenvalue weighted by Crippen LogP contribution is -2.08. The number of nitrogens with two attached hydrogens (primary N) is 1. The summed E-state index contributed by atoms with van der Waals surface area (Å²) in [5, 5.41) is 4.50. The summed E-state index contributed by atoms with van der Waals surface area (Å²) in [6, 6.07) is 2.57. The molecule has 0 spiro atoms.